The number of benzene rings is 1. The van der Waals surface area contributed by atoms with Crippen LogP contribution in [0, 0.1) is 0 Å². The number of carbonyl (C=O) groups is 1. The van der Waals surface area contributed by atoms with Crippen LogP contribution in [0.15, 0.2) is 36.5 Å². The lowest BCUT2D eigenvalue weighted by atomic mass is 9.96. The molecule has 0 unspecified atom stereocenters. The Morgan fingerprint density at radius 2 is 1.97 bits per heavy atom. The maximum absolute atomic E-state index is 13.7. The average molecular weight is 437 g/mol. The molecule has 0 bridgehead atoms. The van der Waals surface area contributed by atoms with Crippen molar-refractivity contribution in [3.05, 3.63) is 47.7 Å². The Morgan fingerprint density at radius 1 is 1.23 bits per heavy atom. The van der Waals surface area contributed by atoms with E-state index in [9.17, 15) is 18.0 Å². The Balaban J connectivity index is 1.45. The zero-order valence-corrected chi connectivity index (χ0v) is 17.1. The molecule has 2 aromatic rings. The van der Waals surface area contributed by atoms with Gasteiger partial charge in [-0.1, -0.05) is 30.3 Å². The monoisotopic (exact) mass is 437 g/mol. The van der Waals surface area contributed by atoms with Crippen LogP contribution in [0.5, 0.6) is 0 Å². The number of aromatic nitrogens is 2. The van der Waals surface area contributed by atoms with E-state index in [2.05, 4.69) is 20.6 Å². The summed E-state index contributed by atoms with van der Waals surface area (Å²) in [6, 6.07) is 6.58. The molecule has 1 aromatic heterocycles. The number of rotatable bonds is 6. The molecule has 1 aromatic carbocycles. The number of carbonyl (C=O) groups excluding carboxylic acids is 1. The van der Waals surface area contributed by atoms with Gasteiger partial charge in [0.25, 0.3) is 5.91 Å². The topological polar surface area (TPSA) is 71.4 Å². The standard InChI is InChI=1S/C21H26F3N5O2/c22-21(23,24)18-13-17(15-5-2-1-3-6-15)27-19-16(14-26-29(18)19)20(30)25-7-4-8-28-9-11-31-12-10-28/h1-3,5-6,14,17-18,27H,4,7-13H2,(H,25,30)/t17-,18-/m0/s1. The lowest BCUT2D eigenvalue weighted by Crippen LogP contribution is -2.38. The van der Waals surface area contributed by atoms with Crippen LogP contribution in [-0.4, -0.2) is 66.2 Å². The number of anilines is 1. The van der Waals surface area contributed by atoms with Crippen LogP contribution in [0.2, 0.25) is 0 Å². The molecular formula is C21H26F3N5O2. The van der Waals surface area contributed by atoms with E-state index >= 15 is 0 Å². The number of fused-ring (bicyclic) bond motifs is 1. The number of ether oxygens (including phenoxy) is 1. The van der Waals surface area contributed by atoms with Gasteiger partial charge in [-0.05, 0) is 18.5 Å². The van der Waals surface area contributed by atoms with E-state index in [1.807, 2.05) is 6.07 Å². The van der Waals surface area contributed by atoms with E-state index in [0.717, 1.165) is 36.3 Å². The first kappa shape index (κ1) is 21.6. The van der Waals surface area contributed by atoms with Crippen molar-refractivity contribution in [1.29, 1.82) is 0 Å². The number of amides is 1. The maximum atomic E-state index is 13.7. The molecule has 1 amide bonds. The number of nitrogens with one attached hydrogen (secondary N) is 2. The van der Waals surface area contributed by atoms with Crippen molar-refractivity contribution in [2.24, 2.45) is 0 Å². The van der Waals surface area contributed by atoms with Crippen LogP contribution in [0.3, 0.4) is 0 Å². The third kappa shape index (κ3) is 5.01. The minimum absolute atomic E-state index is 0.105. The largest absolute Gasteiger partial charge is 0.410 e. The molecule has 2 aliphatic heterocycles. The zero-order valence-electron chi connectivity index (χ0n) is 17.1. The highest BCUT2D eigenvalue weighted by Crippen LogP contribution is 2.44. The Kier molecular flexibility index (Phi) is 6.47. The molecule has 4 rings (SSSR count). The second kappa shape index (κ2) is 9.27. The van der Waals surface area contributed by atoms with E-state index in [4.69, 9.17) is 4.74 Å². The fourth-order valence-electron chi connectivity index (χ4n) is 4.06. The summed E-state index contributed by atoms with van der Waals surface area (Å²) in [6.07, 6.45) is -2.70. The van der Waals surface area contributed by atoms with Crippen molar-refractivity contribution in [2.45, 2.75) is 31.1 Å². The minimum Gasteiger partial charge on any atom is -0.379 e. The summed E-state index contributed by atoms with van der Waals surface area (Å²) in [5, 5.41) is 9.82. The number of hydrogen-bond donors (Lipinski definition) is 2. The number of nitrogens with zero attached hydrogens (tertiary/aromatic N) is 3. The third-order valence-corrected chi connectivity index (χ3v) is 5.73. The molecule has 1 fully saturated rings. The van der Waals surface area contributed by atoms with E-state index in [1.165, 1.54) is 6.20 Å². The summed E-state index contributed by atoms with van der Waals surface area (Å²) in [7, 11) is 0. The molecule has 1 saturated heterocycles. The number of morpholine rings is 1. The second-order valence-electron chi connectivity index (χ2n) is 7.82. The van der Waals surface area contributed by atoms with Crippen molar-refractivity contribution >= 4 is 11.7 Å². The second-order valence-corrected chi connectivity index (χ2v) is 7.82. The molecule has 0 radical (unpaired) electrons. The van der Waals surface area contributed by atoms with E-state index < -0.39 is 24.2 Å². The molecule has 0 aliphatic carbocycles. The summed E-state index contributed by atoms with van der Waals surface area (Å²) in [6.45, 7) is 4.43. The van der Waals surface area contributed by atoms with Crippen molar-refractivity contribution in [2.75, 3.05) is 44.7 Å². The van der Waals surface area contributed by atoms with Gasteiger partial charge in [-0.2, -0.15) is 18.3 Å². The van der Waals surface area contributed by atoms with Gasteiger partial charge in [0.15, 0.2) is 6.04 Å². The summed E-state index contributed by atoms with van der Waals surface area (Å²) < 4.78 is 47.4. The smallest absolute Gasteiger partial charge is 0.379 e. The highest BCUT2D eigenvalue weighted by molar-refractivity contribution is 5.98. The molecule has 7 nitrogen and oxygen atoms in total. The Labute approximate surface area is 178 Å². The molecule has 10 heteroatoms. The number of alkyl halides is 3. The normalized spacial score (nSPS) is 21.9. The maximum Gasteiger partial charge on any atom is 0.410 e. The summed E-state index contributed by atoms with van der Waals surface area (Å²) in [5.41, 5.74) is 0.863. The first-order chi connectivity index (χ1) is 14.9. The lowest BCUT2D eigenvalue weighted by molar-refractivity contribution is -0.173. The fourth-order valence-corrected chi connectivity index (χ4v) is 4.06. The van der Waals surface area contributed by atoms with Gasteiger partial charge in [-0.3, -0.25) is 9.69 Å². The van der Waals surface area contributed by atoms with Gasteiger partial charge in [0.1, 0.15) is 11.4 Å². The summed E-state index contributed by atoms with van der Waals surface area (Å²) >= 11 is 0. The van der Waals surface area contributed by atoms with Crippen LogP contribution in [-0.2, 0) is 4.74 Å². The van der Waals surface area contributed by atoms with Crippen LogP contribution >= 0.6 is 0 Å². The highest BCUT2D eigenvalue weighted by Gasteiger charge is 2.47. The first-order valence-electron chi connectivity index (χ1n) is 10.5. The van der Waals surface area contributed by atoms with Gasteiger partial charge in [0, 0.05) is 26.1 Å². The fraction of sp³-hybridized carbons (Fsp3) is 0.524. The van der Waals surface area contributed by atoms with Crippen LogP contribution < -0.4 is 10.6 Å². The molecule has 2 N–H and O–H groups in total. The van der Waals surface area contributed by atoms with Gasteiger partial charge in [0.2, 0.25) is 0 Å². The van der Waals surface area contributed by atoms with E-state index in [1.54, 1.807) is 24.3 Å². The summed E-state index contributed by atoms with van der Waals surface area (Å²) in [4.78, 5) is 15.0. The molecule has 0 spiro atoms. The van der Waals surface area contributed by atoms with Gasteiger partial charge in [0.05, 0.1) is 25.5 Å². The predicted molar refractivity (Wildman–Crippen MR) is 109 cm³/mol. The molecule has 31 heavy (non-hydrogen) atoms. The Hall–Kier alpha value is -2.59. The summed E-state index contributed by atoms with van der Waals surface area (Å²) in [5.74, 6) is -0.321. The van der Waals surface area contributed by atoms with Gasteiger partial charge in [-0.15, -0.1) is 0 Å². The van der Waals surface area contributed by atoms with Crippen molar-refractivity contribution in [3.63, 3.8) is 0 Å². The Bertz CT molecular complexity index is 881. The minimum atomic E-state index is -4.47. The number of halogens is 3. The van der Waals surface area contributed by atoms with Crippen molar-refractivity contribution < 1.29 is 22.7 Å². The predicted octanol–water partition coefficient (Wildman–Crippen LogP) is 3.00. The van der Waals surface area contributed by atoms with Crippen molar-refractivity contribution in [1.82, 2.24) is 20.0 Å². The third-order valence-electron chi connectivity index (χ3n) is 5.73. The van der Waals surface area contributed by atoms with Crippen LogP contribution in [0.25, 0.3) is 0 Å². The quantitative estimate of drug-likeness (QED) is 0.680. The van der Waals surface area contributed by atoms with Gasteiger partial charge >= 0.3 is 6.18 Å². The lowest BCUT2D eigenvalue weighted by Gasteiger charge is -2.34. The SMILES string of the molecule is O=C(NCCCN1CCOCC1)c1cnn2c1N[C@H](c1ccccc1)C[C@H]2C(F)(F)F. The van der Waals surface area contributed by atoms with Gasteiger partial charge < -0.3 is 15.4 Å². The molecule has 2 atom stereocenters. The molecule has 2 aliphatic rings. The first-order valence-corrected chi connectivity index (χ1v) is 10.5. The van der Waals surface area contributed by atoms with Crippen molar-refractivity contribution in [3.8, 4) is 0 Å². The molecule has 3 heterocycles. The van der Waals surface area contributed by atoms with Gasteiger partial charge in [-0.25, -0.2) is 4.68 Å². The van der Waals surface area contributed by atoms with Crippen LogP contribution in [0.1, 0.15) is 40.8 Å². The van der Waals surface area contributed by atoms with E-state index in [-0.39, 0.29) is 17.8 Å². The zero-order chi connectivity index (χ0) is 21.8. The molecule has 168 valence electrons. The average Bonchev–Trinajstić information content (AvgIpc) is 3.20. The van der Waals surface area contributed by atoms with E-state index in [0.29, 0.717) is 19.8 Å². The van der Waals surface area contributed by atoms with Crippen LogP contribution in [0.4, 0.5) is 19.0 Å². The Morgan fingerprint density at radius 3 is 2.68 bits per heavy atom. The molecule has 0 saturated carbocycles. The molecular weight excluding hydrogens is 411 g/mol. The highest BCUT2D eigenvalue weighted by atomic mass is 19.4. The number of hydrogen-bond acceptors (Lipinski definition) is 5.